The second kappa shape index (κ2) is 9.87. The quantitative estimate of drug-likeness (QED) is 0.220. The van der Waals surface area contributed by atoms with Crippen LogP contribution in [-0.4, -0.2) is 32.9 Å². The Balaban J connectivity index is 1.40. The SMILES string of the molecule is O=C1Cn2c(c(C3CCCCC3)c3sc(C(=O)O)cc32)-c2ccc3nc(-c4cccc(OC(F)(F)F)c4)ccc3c2N1. The fourth-order valence-corrected chi connectivity index (χ4v) is 7.48. The lowest BCUT2D eigenvalue weighted by atomic mass is 9.83. The number of amides is 1. The van der Waals surface area contributed by atoms with Crippen molar-refractivity contribution < 1.29 is 32.6 Å². The number of pyridine rings is 1. The van der Waals surface area contributed by atoms with Gasteiger partial charge in [-0.15, -0.1) is 24.5 Å². The minimum absolute atomic E-state index is 0.0437. The van der Waals surface area contributed by atoms with Crippen molar-refractivity contribution in [3.8, 4) is 28.3 Å². The van der Waals surface area contributed by atoms with Gasteiger partial charge in [0.15, 0.2) is 0 Å². The van der Waals surface area contributed by atoms with E-state index in [1.807, 2.05) is 22.8 Å². The van der Waals surface area contributed by atoms with E-state index in [0.29, 0.717) is 27.8 Å². The average Bonchev–Trinajstić information content (AvgIpc) is 3.46. The second-order valence-electron chi connectivity index (χ2n) is 10.7. The van der Waals surface area contributed by atoms with Gasteiger partial charge in [0.25, 0.3) is 0 Å². The van der Waals surface area contributed by atoms with Gasteiger partial charge in [0.05, 0.1) is 32.8 Å². The molecule has 214 valence electrons. The monoisotopic (exact) mass is 591 g/mol. The van der Waals surface area contributed by atoms with Crippen molar-refractivity contribution in [2.24, 2.45) is 0 Å². The van der Waals surface area contributed by atoms with Gasteiger partial charge in [0.1, 0.15) is 17.2 Å². The Hall–Kier alpha value is -4.38. The number of carboxylic acid groups (broad SMARTS) is 1. The maximum Gasteiger partial charge on any atom is 0.573 e. The summed E-state index contributed by atoms with van der Waals surface area (Å²) in [4.78, 5) is 30.1. The number of aromatic carboxylic acids is 1. The maximum atomic E-state index is 13.3. The van der Waals surface area contributed by atoms with E-state index >= 15 is 0 Å². The molecule has 42 heavy (non-hydrogen) atoms. The summed E-state index contributed by atoms with van der Waals surface area (Å²) in [5.41, 5.74) is 5.73. The standard InChI is InChI=1S/C31H24F3N3O4S/c32-31(33,34)41-18-8-4-7-17(13-18)21-11-9-19-22(35-21)12-10-20-27(19)36-25(38)15-37-23-14-24(30(39)40)42-29(23)26(28(20)37)16-5-2-1-3-6-16/h4,7-14,16H,1-3,5-6,15H2,(H,36,38)(H,39,40). The number of alkyl halides is 3. The summed E-state index contributed by atoms with van der Waals surface area (Å²) >= 11 is 1.26. The van der Waals surface area contributed by atoms with Crippen LogP contribution in [0.4, 0.5) is 18.9 Å². The van der Waals surface area contributed by atoms with Crippen molar-refractivity contribution >= 4 is 50.0 Å². The molecule has 11 heteroatoms. The topological polar surface area (TPSA) is 93.5 Å². The number of benzene rings is 2. The molecule has 1 aliphatic heterocycles. The number of ether oxygens (including phenoxy) is 1. The van der Waals surface area contributed by atoms with Gasteiger partial charge in [-0.25, -0.2) is 9.78 Å². The molecule has 0 atom stereocenters. The Labute approximate surface area is 241 Å². The largest absolute Gasteiger partial charge is 0.573 e. The van der Waals surface area contributed by atoms with Gasteiger partial charge >= 0.3 is 12.3 Å². The van der Waals surface area contributed by atoms with Crippen LogP contribution in [0.3, 0.4) is 0 Å². The highest BCUT2D eigenvalue weighted by molar-refractivity contribution is 7.21. The molecule has 1 aliphatic carbocycles. The van der Waals surface area contributed by atoms with Gasteiger partial charge in [-0.1, -0.05) is 31.4 Å². The van der Waals surface area contributed by atoms with Crippen LogP contribution in [0.1, 0.15) is 53.3 Å². The third-order valence-electron chi connectivity index (χ3n) is 8.05. The summed E-state index contributed by atoms with van der Waals surface area (Å²) in [5.74, 6) is -1.31. The summed E-state index contributed by atoms with van der Waals surface area (Å²) in [6.45, 7) is 0.0437. The Morgan fingerprint density at radius 2 is 1.88 bits per heavy atom. The Morgan fingerprint density at radius 1 is 1.07 bits per heavy atom. The number of carboxylic acids is 1. The molecule has 4 heterocycles. The molecule has 2 aromatic carbocycles. The van der Waals surface area contributed by atoms with Gasteiger partial charge in [0, 0.05) is 16.5 Å². The molecule has 2 aliphatic rings. The minimum Gasteiger partial charge on any atom is -0.477 e. The van der Waals surface area contributed by atoms with Crippen LogP contribution < -0.4 is 10.1 Å². The predicted molar refractivity (Wildman–Crippen MR) is 154 cm³/mol. The van der Waals surface area contributed by atoms with Crippen molar-refractivity contribution in [3.63, 3.8) is 0 Å². The molecule has 1 amide bonds. The smallest absolute Gasteiger partial charge is 0.477 e. The highest BCUT2D eigenvalue weighted by Crippen LogP contribution is 2.50. The van der Waals surface area contributed by atoms with Gasteiger partial charge in [-0.05, 0) is 66.8 Å². The van der Waals surface area contributed by atoms with E-state index in [4.69, 9.17) is 4.98 Å². The lowest BCUT2D eigenvalue weighted by Crippen LogP contribution is -2.17. The lowest BCUT2D eigenvalue weighted by Gasteiger charge is -2.23. The number of hydrogen-bond donors (Lipinski definition) is 2. The summed E-state index contributed by atoms with van der Waals surface area (Å²) in [5, 5.41) is 13.5. The maximum absolute atomic E-state index is 13.3. The van der Waals surface area contributed by atoms with Crippen LogP contribution in [0.2, 0.25) is 0 Å². The number of aromatic nitrogens is 2. The number of halogens is 3. The summed E-state index contributed by atoms with van der Waals surface area (Å²) in [6, 6.07) is 14.6. The van der Waals surface area contributed by atoms with Crippen molar-refractivity contribution in [1.29, 1.82) is 0 Å². The number of hydrogen-bond acceptors (Lipinski definition) is 5. The number of anilines is 1. The molecule has 1 saturated carbocycles. The fraction of sp³-hybridized carbons (Fsp3) is 0.258. The number of carbonyl (C=O) groups is 2. The number of carbonyl (C=O) groups excluding carboxylic acids is 1. The molecule has 2 N–H and O–H groups in total. The van der Waals surface area contributed by atoms with Crippen LogP contribution >= 0.6 is 11.3 Å². The van der Waals surface area contributed by atoms with Gasteiger partial charge in [0.2, 0.25) is 5.91 Å². The molecule has 0 saturated heterocycles. The Kier molecular flexibility index (Phi) is 6.23. The lowest BCUT2D eigenvalue weighted by molar-refractivity contribution is -0.274. The van der Waals surface area contributed by atoms with E-state index < -0.39 is 12.3 Å². The van der Waals surface area contributed by atoms with E-state index in [1.54, 1.807) is 18.2 Å². The van der Waals surface area contributed by atoms with Crippen LogP contribution in [0, 0.1) is 0 Å². The first kappa shape index (κ1) is 26.5. The van der Waals surface area contributed by atoms with Crippen molar-refractivity contribution in [1.82, 2.24) is 9.55 Å². The van der Waals surface area contributed by atoms with Crippen LogP contribution in [-0.2, 0) is 11.3 Å². The number of thiophene rings is 1. The molecule has 0 radical (unpaired) electrons. The Morgan fingerprint density at radius 3 is 2.64 bits per heavy atom. The predicted octanol–water partition coefficient (Wildman–Crippen LogP) is 8.18. The normalized spacial score (nSPS) is 15.7. The minimum atomic E-state index is -4.80. The Bertz CT molecular complexity index is 1900. The number of nitrogens with one attached hydrogen (secondary N) is 1. The second-order valence-corrected chi connectivity index (χ2v) is 11.7. The summed E-state index contributed by atoms with van der Waals surface area (Å²) in [6.07, 6.45) is 0.552. The third kappa shape index (κ3) is 4.57. The van der Waals surface area contributed by atoms with Crippen LogP contribution in [0.5, 0.6) is 5.75 Å². The molecule has 3 aromatic heterocycles. The average molecular weight is 592 g/mol. The van der Waals surface area contributed by atoms with E-state index in [0.717, 1.165) is 52.7 Å². The van der Waals surface area contributed by atoms with Crippen molar-refractivity contribution in [2.45, 2.75) is 50.9 Å². The first-order valence-electron chi connectivity index (χ1n) is 13.7. The highest BCUT2D eigenvalue weighted by Gasteiger charge is 2.33. The molecule has 5 aromatic rings. The van der Waals surface area contributed by atoms with Crippen molar-refractivity contribution in [2.75, 3.05) is 5.32 Å². The molecular formula is C31H24F3N3O4S. The molecular weight excluding hydrogens is 567 g/mol. The van der Waals surface area contributed by atoms with E-state index in [9.17, 15) is 27.9 Å². The van der Waals surface area contributed by atoms with Gasteiger partial charge < -0.3 is 19.7 Å². The highest BCUT2D eigenvalue weighted by atomic mass is 32.1. The van der Waals surface area contributed by atoms with E-state index in [2.05, 4.69) is 10.1 Å². The van der Waals surface area contributed by atoms with E-state index in [1.165, 1.54) is 36.0 Å². The number of nitrogens with zero attached hydrogens (tertiary/aromatic N) is 2. The zero-order valence-electron chi connectivity index (χ0n) is 22.1. The molecule has 0 bridgehead atoms. The molecule has 0 unspecified atom stereocenters. The fourth-order valence-electron chi connectivity index (χ4n) is 6.35. The van der Waals surface area contributed by atoms with Crippen LogP contribution in [0.25, 0.3) is 43.6 Å². The summed E-state index contributed by atoms with van der Waals surface area (Å²) in [7, 11) is 0. The molecule has 1 fully saturated rings. The molecule has 0 spiro atoms. The summed E-state index contributed by atoms with van der Waals surface area (Å²) < 4.78 is 45.2. The van der Waals surface area contributed by atoms with Crippen LogP contribution in [0.15, 0.2) is 54.6 Å². The van der Waals surface area contributed by atoms with Gasteiger partial charge in [-0.3, -0.25) is 4.79 Å². The van der Waals surface area contributed by atoms with Crippen molar-refractivity contribution in [3.05, 3.63) is 65.0 Å². The molecule has 7 nitrogen and oxygen atoms in total. The molecule has 7 rings (SSSR count). The third-order valence-corrected chi connectivity index (χ3v) is 9.20. The number of fused-ring (bicyclic) bond motifs is 7. The van der Waals surface area contributed by atoms with Gasteiger partial charge in [-0.2, -0.15) is 0 Å². The zero-order valence-corrected chi connectivity index (χ0v) is 22.9. The first-order chi connectivity index (χ1) is 20.2. The van der Waals surface area contributed by atoms with E-state index in [-0.39, 0.29) is 29.0 Å². The zero-order chi connectivity index (χ0) is 29.2. The first-order valence-corrected chi connectivity index (χ1v) is 14.5. The number of rotatable bonds is 4.